The van der Waals surface area contributed by atoms with Crippen LogP contribution in [0.2, 0.25) is 0 Å². The summed E-state index contributed by atoms with van der Waals surface area (Å²) in [5, 5.41) is 9.28. The summed E-state index contributed by atoms with van der Waals surface area (Å²) in [6.07, 6.45) is 0.481. The Labute approximate surface area is 108 Å². The van der Waals surface area contributed by atoms with Crippen molar-refractivity contribution in [2.45, 2.75) is 37.6 Å². The van der Waals surface area contributed by atoms with Crippen molar-refractivity contribution in [3.8, 4) is 0 Å². The monoisotopic (exact) mass is 272 g/mol. The lowest BCUT2D eigenvalue weighted by Gasteiger charge is -2.27. The van der Waals surface area contributed by atoms with E-state index < -0.39 is 15.6 Å². The van der Waals surface area contributed by atoms with Crippen LogP contribution in [0.5, 0.6) is 0 Å². The van der Waals surface area contributed by atoms with Crippen LogP contribution in [0.25, 0.3) is 0 Å². The van der Waals surface area contributed by atoms with Gasteiger partial charge in [-0.2, -0.15) is 0 Å². The summed E-state index contributed by atoms with van der Waals surface area (Å²) in [6, 6.07) is 4.94. The molecule has 0 radical (unpaired) electrons. The van der Waals surface area contributed by atoms with Gasteiger partial charge >= 0.3 is 0 Å². The van der Waals surface area contributed by atoms with Crippen LogP contribution in [0.4, 0.5) is 5.69 Å². The molecule has 0 aliphatic heterocycles. The number of sulfonamides is 1. The van der Waals surface area contributed by atoms with Crippen molar-refractivity contribution >= 4 is 15.7 Å². The summed E-state index contributed by atoms with van der Waals surface area (Å²) in [6.45, 7) is 4.88. The third kappa shape index (κ3) is 3.01. The highest BCUT2D eigenvalue weighted by Crippen LogP contribution is 2.24. The molecule has 0 heterocycles. The first-order valence-electron chi connectivity index (χ1n) is 5.75. The van der Waals surface area contributed by atoms with Crippen molar-refractivity contribution in [1.29, 1.82) is 0 Å². The van der Waals surface area contributed by atoms with Crippen molar-refractivity contribution in [1.82, 2.24) is 4.72 Å². The molecule has 1 aromatic rings. The van der Waals surface area contributed by atoms with Gasteiger partial charge in [0.25, 0.3) is 0 Å². The van der Waals surface area contributed by atoms with E-state index in [1.807, 2.05) is 0 Å². The lowest BCUT2D eigenvalue weighted by molar-refractivity contribution is 0.191. The fraction of sp³-hybridized carbons (Fsp3) is 0.500. The molecule has 102 valence electrons. The SMILES string of the molecule is CCC(C)(CO)NS(=O)(=O)c1c(C)cccc1N. The van der Waals surface area contributed by atoms with Gasteiger partial charge in [0.15, 0.2) is 0 Å². The lowest BCUT2D eigenvalue weighted by Crippen LogP contribution is -2.48. The van der Waals surface area contributed by atoms with Crippen LogP contribution in [0.15, 0.2) is 23.1 Å². The zero-order chi connectivity index (χ0) is 14.0. The maximum atomic E-state index is 12.3. The third-order valence-corrected chi connectivity index (χ3v) is 4.88. The van der Waals surface area contributed by atoms with Gasteiger partial charge in [-0.25, -0.2) is 13.1 Å². The predicted molar refractivity (Wildman–Crippen MR) is 71.7 cm³/mol. The van der Waals surface area contributed by atoms with Crippen molar-refractivity contribution in [2.24, 2.45) is 0 Å². The summed E-state index contributed by atoms with van der Waals surface area (Å²) >= 11 is 0. The summed E-state index contributed by atoms with van der Waals surface area (Å²) in [5.74, 6) is 0. The Morgan fingerprint density at radius 1 is 1.44 bits per heavy atom. The number of rotatable bonds is 5. The Hall–Kier alpha value is -1.11. The third-order valence-electron chi connectivity index (χ3n) is 3.02. The van der Waals surface area contributed by atoms with Gasteiger partial charge in [-0.1, -0.05) is 19.1 Å². The normalized spacial score (nSPS) is 15.3. The molecule has 0 aliphatic rings. The zero-order valence-corrected chi connectivity index (χ0v) is 11.7. The molecule has 0 fully saturated rings. The fourth-order valence-corrected chi connectivity index (χ4v) is 3.46. The summed E-state index contributed by atoms with van der Waals surface area (Å²) < 4.78 is 27.1. The van der Waals surface area contributed by atoms with Crippen molar-refractivity contribution in [2.75, 3.05) is 12.3 Å². The quantitative estimate of drug-likeness (QED) is 0.698. The van der Waals surface area contributed by atoms with E-state index in [0.29, 0.717) is 12.0 Å². The van der Waals surface area contributed by atoms with E-state index in [0.717, 1.165) is 0 Å². The highest BCUT2D eigenvalue weighted by Gasteiger charge is 2.30. The standard InChI is InChI=1S/C12H20N2O3S/c1-4-12(3,8-15)14-18(16,17)11-9(2)6-5-7-10(11)13/h5-7,14-15H,4,8,13H2,1-3H3. The molecule has 0 bridgehead atoms. The molecule has 0 aliphatic carbocycles. The molecule has 6 heteroatoms. The largest absolute Gasteiger partial charge is 0.398 e. The van der Waals surface area contributed by atoms with Gasteiger partial charge in [0.1, 0.15) is 4.90 Å². The van der Waals surface area contributed by atoms with Gasteiger partial charge in [-0.3, -0.25) is 0 Å². The van der Waals surface area contributed by atoms with Crippen LogP contribution < -0.4 is 10.5 Å². The predicted octanol–water partition coefficient (Wildman–Crippen LogP) is 1.02. The molecule has 4 N–H and O–H groups in total. The minimum Gasteiger partial charge on any atom is -0.398 e. The number of hydrogen-bond acceptors (Lipinski definition) is 4. The molecular formula is C12H20N2O3S. The van der Waals surface area contributed by atoms with E-state index in [2.05, 4.69) is 4.72 Å². The van der Waals surface area contributed by atoms with Gasteiger partial charge < -0.3 is 10.8 Å². The number of nitrogens with two attached hydrogens (primary N) is 1. The Bertz CT molecular complexity index is 502. The first-order valence-corrected chi connectivity index (χ1v) is 7.24. The van der Waals surface area contributed by atoms with Gasteiger partial charge in [0.2, 0.25) is 10.0 Å². The minimum atomic E-state index is -3.74. The number of nitrogen functional groups attached to an aromatic ring is 1. The second-order valence-electron chi connectivity index (χ2n) is 4.67. The van der Waals surface area contributed by atoms with Crippen LogP contribution in [-0.2, 0) is 10.0 Å². The van der Waals surface area contributed by atoms with Gasteiger partial charge in [-0.15, -0.1) is 0 Å². The molecule has 0 saturated heterocycles. The molecule has 1 atom stereocenters. The van der Waals surface area contributed by atoms with Gasteiger partial charge in [0.05, 0.1) is 17.8 Å². The highest BCUT2D eigenvalue weighted by atomic mass is 32.2. The number of aryl methyl sites for hydroxylation is 1. The van der Waals surface area contributed by atoms with Crippen LogP contribution in [0.1, 0.15) is 25.8 Å². The number of anilines is 1. The van der Waals surface area contributed by atoms with Gasteiger partial charge in [0, 0.05) is 0 Å². The molecule has 0 spiro atoms. The fourth-order valence-electron chi connectivity index (χ4n) is 1.63. The molecule has 0 aromatic heterocycles. The number of aliphatic hydroxyl groups excluding tert-OH is 1. The summed E-state index contributed by atoms with van der Waals surface area (Å²) in [4.78, 5) is 0.0816. The molecule has 0 amide bonds. The zero-order valence-electron chi connectivity index (χ0n) is 10.9. The van der Waals surface area contributed by atoms with Crippen LogP contribution >= 0.6 is 0 Å². The lowest BCUT2D eigenvalue weighted by atomic mass is 10.0. The maximum Gasteiger partial charge on any atom is 0.243 e. The second kappa shape index (κ2) is 5.26. The smallest absolute Gasteiger partial charge is 0.243 e. The second-order valence-corrected chi connectivity index (χ2v) is 6.29. The van der Waals surface area contributed by atoms with Crippen molar-refractivity contribution in [3.63, 3.8) is 0 Å². The topological polar surface area (TPSA) is 92.4 Å². The van der Waals surface area contributed by atoms with E-state index in [-0.39, 0.29) is 17.2 Å². The molecular weight excluding hydrogens is 252 g/mol. The van der Waals surface area contributed by atoms with E-state index in [1.54, 1.807) is 39.0 Å². The number of nitrogens with one attached hydrogen (secondary N) is 1. The Kier molecular flexibility index (Phi) is 4.37. The first-order chi connectivity index (χ1) is 8.25. The summed E-state index contributed by atoms with van der Waals surface area (Å²) in [5.41, 5.74) is 5.64. The average Bonchev–Trinajstić information content (AvgIpc) is 2.27. The van der Waals surface area contributed by atoms with E-state index >= 15 is 0 Å². The van der Waals surface area contributed by atoms with Crippen LogP contribution in [-0.4, -0.2) is 25.7 Å². The Morgan fingerprint density at radius 3 is 2.50 bits per heavy atom. The van der Waals surface area contributed by atoms with Crippen LogP contribution in [0.3, 0.4) is 0 Å². The maximum absolute atomic E-state index is 12.3. The highest BCUT2D eigenvalue weighted by molar-refractivity contribution is 7.89. The summed E-state index contributed by atoms with van der Waals surface area (Å²) in [7, 11) is -3.74. The Morgan fingerprint density at radius 2 is 2.06 bits per heavy atom. The molecule has 18 heavy (non-hydrogen) atoms. The molecule has 1 rings (SSSR count). The van der Waals surface area contributed by atoms with E-state index in [9.17, 15) is 13.5 Å². The van der Waals surface area contributed by atoms with Crippen LogP contribution in [0, 0.1) is 6.92 Å². The molecule has 5 nitrogen and oxygen atoms in total. The first kappa shape index (κ1) is 14.9. The Balaban J connectivity index is 3.23. The molecule has 1 aromatic carbocycles. The van der Waals surface area contributed by atoms with Crippen molar-refractivity contribution in [3.05, 3.63) is 23.8 Å². The number of benzene rings is 1. The number of aliphatic hydroxyl groups is 1. The minimum absolute atomic E-state index is 0.0816. The average molecular weight is 272 g/mol. The van der Waals surface area contributed by atoms with Crippen molar-refractivity contribution < 1.29 is 13.5 Å². The number of hydrogen-bond donors (Lipinski definition) is 3. The van der Waals surface area contributed by atoms with E-state index in [4.69, 9.17) is 5.73 Å². The van der Waals surface area contributed by atoms with E-state index in [1.165, 1.54) is 0 Å². The van der Waals surface area contributed by atoms with Gasteiger partial charge in [-0.05, 0) is 31.9 Å². The molecule has 0 saturated carbocycles. The molecule has 1 unspecified atom stereocenters.